The molecule has 0 bridgehead atoms. The van der Waals surface area contributed by atoms with Crippen LogP contribution in [0.1, 0.15) is 18.1 Å². The molecular weight excluding hydrogens is 260 g/mol. The van der Waals surface area contributed by atoms with Gasteiger partial charge in [0.15, 0.2) is 0 Å². The summed E-state index contributed by atoms with van der Waals surface area (Å²) in [6, 6.07) is 2.70. The van der Waals surface area contributed by atoms with Gasteiger partial charge in [0.1, 0.15) is 5.82 Å². The highest BCUT2D eigenvalue weighted by Gasteiger charge is 2.31. The van der Waals surface area contributed by atoms with Crippen LogP contribution in [0.2, 0.25) is 0 Å². The van der Waals surface area contributed by atoms with Crippen molar-refractivity contribution in [1.29, 1.82) is 0 Å². The van der Waals surface area contributed by atoms with Crippen LogP contribution in [-0.2, 0) is 12.7 Å². The van der Waals surface area contributed by atoms with E-state index in [1.54, 1.807) is 0 Å². The number of hydrogen-bond donors (Lipinski definition) is 1. The van der Waals surface area contributed by atoms with Crippen molar-refractivity contribution in [2.24, 2.45) is 0 Å². The van der Waals surface area contributed by atoms with Crippen molar-refractivity contribution in [3.8, 4) is 0 Å². The van der Waals surface area contributed by atoms with Crippen LogP contribution in [0.4, 0.5) is 17.6 Å². The van der Waals surface area contributed by atoms with Crippen LogP contribution in [0.5, 0.6) is 0 Å². The molecule has 0 heterocycles. The van der Waals surface area contributed by atoms with Crippen molar-refractivity contribution in [1.82, 2.24) is 10.2 Å². The smallest absolute Gasteiger partial charge is 0.309 e. The largest absolute Gasteiger partial charge is 0.416 e. The summed E-state index contributed by atoms with van der Waals surface area (Å²) in [6.07, 6.45) is -4.52. The van der Waals surface area contributed by atoms with E-state index in [1.165, 1.54) is 0 Å². The Balaban J connectivity index is 2.71. The van der Waals surface area contributed by atoms with E-state index in [1.807, 2.05) is 25.9 Å². The minimum absolute atomic E-state index is 0.104. The van der Waals surface area contributed by atoms with E-state index < -0.39 is 17.6 Å². The second kappa shape index (κ2) is 6.34. The minimum Gasteiger partial charge on any atom is -0.309 e. The molecule has 0 aliphatic heterocycles. The molecule has 6 heteroatoms. The molecule has 0 aromatic heterocycles. The van der Waals surface area contributed by atoms with Crippen LogP contribution in [0.3, 0.4) is 0 Å². The van der Waals surface area contributed by atoms with Gasteiger partial charge >= 0.3 is 6.18 Å². The number of benzene rings is 1. The van der Waals surface area contributed by atoms with Gasteiger partial charge in [0.05, 0.1) is 5.56 Å². The number of alkyl halides is 3. The van der Waals surface area contributed by atoms with Gasteiger partial charge in [0.25, 0.3) is 0 Å². The third kappa shape index (κ3) is 5.57. The molecule has 0 aliphatic rings. The lowest BCUT2D eigenvalue weighted by Crippen LogP contribution is -2.35. The monoisotopic (exact) mass is 278 g/mol. The number of hydrogen-bond acceptors (Lipinski definition) is 2. The Hall–Kier alpha value is -1.14. The molecule has 0 saturated heterocycles. The van der Waals surface area contributed by atoms with Gasteiger partial charge in [-0.1, -0.05) is 0 Å². The summed E-state index contributed by atoms with van der Waals surface area (Å²) >= 11 is 0. The lowest BCUT2D eigenvalue weighted by atomic mass is 10.1. The van der Waals surface area contributed by atoms with E-state index >= 15 is 0 Å². The lowest BCUT2D eigenvalue weighted by Gasteiger charge is -2.18. The van der Waals surface area contributed by atoms with Crippen LogP contribution >= 0.6 is 0 Å². The summed E-state index contributed by atoms with van der Waals surface area (Å²) in [6.45, 7) is 2.88. The molecule has 0 saturated carbocycles. The number of halogens is 4. The van der Waals surface area contributed by atoms with Crippen LogP contribution < -0.4 is 5.32 Å². The zero-order chi connectivity index (χ0) is 14.6. The molecule has 1 atom stereocenters. The first-order valence-electron chi connectivity index (χ1n) is 5.93. The molecule has 0 fully saturated rings. The molecule has 1 rings (SSSR count). The molecule has 19 heavy (non-hydrogen) atoms. The average molecular weight is 278 g/mol. The Bertz CT molecular complexity index is 416. The molecule has 0 radical (unpaired) electrons. The summed E-state index contributed by atoms with van der Waals surface area (Å²) in [5, 5.41) is 3.06. The van der Waals surface area contributed by atoms with Gasteiger partial charge in [0, 0.05) is 19.1 Å². The summed E-state index contributed by atoms with van der Waals surface area (Å²) in [5.41, 5.74) is -0.664. The highest BCUT2D eigenvalue weighted by atomic mass is 19.4. The predicted molar refractivity (Wildman–Crippen MR) is 66.3 cm³/mol. The fourth-order valence-electron chi connectivity index (χ4n) is 1.82. The Morgan fingerprint density at radius 1 is 1.21 bits per heavy atom. The highest BCUT2D eigenvalue weighted by molar-refractivity contribution is 5.26. The number of nitrogens with one attached hydrogen (secondary N) is 1. The first-order valence-corrected chi connectivity index (χ1v) is 5.93. The van der Waals surface area contributed by atoms with E-state index in [2.05, 4.69) is 5.32 Å². The minimum atomic E-state index is -4.52. The van der Waals surface area contributed by atoms with Gasteiger partial charge < -0.3 is 10.2 Å². The molecule has 1 aromatic rings. The van der Waals surface area contributed by atoms with Gasteiger partial charge in [-0.3, -0.25) is 0 Å². The Kier molecular flexibility index (Phi) is 5.31. The van der Waals surface area contributed by atoms with Gasteiger partial charge in [-0.15, -0.1) is 0 Å². The maximum absolute atomic E-state index is 13.2. The molecule has 1 N–H and O–H groups in total. The van der Waals surface area contributed by atoms with E-state index in [0.29, 0.717) is 6.07 Å². The van der Waals surface area contributed by atoms with Crippen LogP contribution in [0.15, 0.2) is 18.2 Å². The number of nitrogens with zero attached hydrogens (tertiary/aromatic N) is 1. The molecule has 2 nitrogen and oxygen atoms in total. The molecule has 0 spiro atoms. The number of likely N-dealkylation sites (N-methyl/N-ethyl adjacent to an activating group) is 1. The fourth-order valence-corrected chi connectivity index (χ4v) is 1.82. The highest BCUT2D eigenvalue weighted by Crippen LogP contribution is 2.30. The van der Waals surface area contributed by atoms with Crippen molar-refractivity contribution < 1.29 is 17.6 Å². The number of rotatable bonds is 5. The first kappa shape index (κ1) is 15.9. The molecule has 0 amide bonds. The SMILES string of the molecule is CC(CN(C)C)NCc1cc(F)cc(C(F)(F)F)c1. The summed E-state index contributed by atoms with van der Waals surface area (Å²) < 4.78 is 50.7. The third-order valence-electron chi connectivity index (χ3n) is 2.58. The van der Waals surface area contributed by atoms with E-state index in [9.17, 15) is 17.6 Å². The zero-order valence-electron chi connectivity index (χ0n) is 11.2. The maximum Gasteiger partial charge on any atom is 0.416 e. The lowest BCUT2D eigenvalue weighted by molar-refractivity contribution is -0.137. The summed E-state index contributed by atoms with van der Waals surface area (Å²) in [5.74, 6) is -0.869. The van der Waals surface area contributed by atoms with Crippen molar-refractivity contribution in [2.75, 3.05) is 20.6 Å². The zero-order valence-corrected chi connectivity index (χ0v) is 11.2. The quantitative estimate of drug-likeness (QED) is 0.833. The van der Waals surface area contributed by atoms with Crippen LogP contribution in [-0.4, -0.2) is 31.6 Å². The first-order chi connectivity index (χ1) is 8.68. The average Bonchev–Trinajstić information content (AvgIpc) is 2.23. The normalized spacial score (nSPS) is 13.9. The van der Waals surface area contributed by atoms with E-state index in [-0.39, 0.29) is 18.2 Å². The van der Waals surface area contributed by atoms with Crippen molar-refractivity contribution in [2.45, 2.75) is 25.7 Å². The molecule has 1 aromatic carbocycles. The van der Waals surface area contributed by atoms with Crippen molar-refractivity contribution >= 4 is 0 Å². The van der Waals surface area contributed by atoms with E-state index in [0.717, 1.165) is 18.7 Å². The maximum atomic E-state index is 13.2. The second-order valence-electron chi connectivity index (χ2n) is 4.89. The molecular formula is C13H18F4N2. The predicted octanol–water partition coefficient (Wildman–Crippen LogP) is 2.88. The topological polar surface area (TPSA) is 15.3 Å². The Morgan fingerprint density at radius 2 is 1.84 bits per heavy atom. The Morgan fingerprint density at radius 3 is 2.37 bits per heavy atom. The Labute approximate surface area is 110 Å². The summed E-state index contributed by atoms with van der Waals surface area (Å²) in [7, 11) is 3.81. The standard InChI is InChI=1S/C13H18F4N2/c1-9(8-19(2)3)18-7-10-4-11(13(15,16)17)6-12(14)5-10/h4-6,9,18H,7-8H2,1-3H3. The van der Waals surface area contributed by atoms with Crippen molar-refractivity contribution in [3.05, 3.63) is 35.1 Å². The molecule has 1 unspecified atom stereocenters. The molecule has 0 aliphatic carbocycles. The van der Waals surface area contributed by atoms with Crippen LogP contribution in [0.25, 0.3) is 0 Å². The van der Waals surface area contributed by atoms with Gasteiger partial charge in [-0.2, -0.15) is 13.2 Å². The second-order valence-corrected chi connectivity index (χ2v) is 4.89. The van der Waals surface area contributed by atoms with Crippen molar-refractivity contribution in [3.63, 3.8) is 0 Å². The van der Waals surface area contributed by atoms with Gasteiger partial charge in [-0.25, -0.2) is 4.39 Å². The van der Waals surface area contributed by atoms with Gasteiger partial charge in [-0.05, 0) is 44.8 Å². The third-order valence-corrected chi connectivity index (χ3v) is 2.58. The fraction of sp³-hybridized carbons (Fsp3) is 0.538. The molecule has 108 valence electrons. The van der Waals surface area contributed by atoms with Crippen LogP contribution in [0, 0.1) is 5.82 Å². The van der Waals surface area contributed by atoms with Gasteiger partial charge in [0.2, 0.25) is 0 Å². The van der Waals surface area contributed by atoms with E-state index in [4.69, 9.17) is 0 Å². The summed E-state index contributed by atoms with van der Waals surface area (Å²) in [4.78, 5) is 1.96.